The van der Waals surface area contributed by atoms with Crippen LogP contribution in [0.15, 0.2) is 41.5 Å². The van der Waals surface area contributed by atoms with Gasteiger partial charge >= 0.3 is 0 Å². The lowest BCUT2D eigenvalue weighted by Crippen LogP contribution is -2.36. The highest BCUT2D eigenvalue weighted by Crippen LogP contribution is 2.18. The van der Waals surface area contributed by atoms with E-state index in [1.165, 1.54) is 31.2 Å². The highest BCUT2D eigenvalue weighted by atomic mass is 127. The maximum absolute atomic E-state index is 13.7. The highest BCUT2D eigenvalue weighted by Gasteiger charge is 2.11. The Morgan fingerprint density at radius 1 is 1.03 bits per heavy atom. The Balaban J connectivity index is 0.00000300. The van der Waals surface area contributed by atoms with Crippen LogP contribution in [0.2, 0.25) is 0 Å². The van der Waals surface area contributed by atoms with E-state index >= 15 is 0 Å². The number of aromatic nitrogens is 1. The molecule has 158 valence electrons. The summed E-state index contributed by atoms with van der Waals surface area (Å²) in [7, 11) is 1.74. The second-order valence-electron chi connectivity index (χ2n) is 7.29. The predicted octanol–water partition coefficient (Wildman–Crippen LogP) is 4.39. The monoisotopic (exact) mass is 511 g/mol. The van der Waals surface area contributed by atoms with Gasteiger partial charge in [-0.15, -0.1) is 24.0 Å². The second-order valence-corrected chi connectivity index (χ2v) is 7.29. The van der Waals surface area contributed by atoms with Crippen LogP contribution < -0.4 is 15.5 Å². The Kier molecular flexibility index (Phi) is 9.63. The van der Waals surface area contributed by atoms with E-state index in [0.29, 0.717) is 24.6 Å². The number of guanidine groups is 1. The minimum atomic E-state index is -0.180. The molecule has 5 nitrogen and oxygen atoms in total. The fraction of sp³-hybridized carbons (Fsp3) is 0.455. The topological polar surface area (TPSA) is 52.6 Å². The molecule has 7 heteroatoms. The number of hydrogen-bond donors (Lipinski definition) is 2. The summed E-state index contributed by atoms with van der Waals surface area (Å²) in [5.74, 6) is 1.56. The average Bonchev–Trinajstić information content (AvgIpc) is 3.00. The molecular weight excluding hydrogens is 480 g/mol. The fourth-order valence-corrected chi connectivity index (χ4v) is 3.38. The van der Waals surface area contributed by atoms with Crippen LogP contribution in [0.5, 0.6) is 0 Å². The van der Waals surface area contributed by atoms with E-state index in [9.17, 15) is 4.39 Å². The Hall–Kier alpha value is -1.90. The quantitative estimate of drug-likeness (QED) is 0.355. The number of aryl methyl sites for hydroxylation is 1. The van der Waals surface area contributed by atoms with Gasteiger partial charge in [-0.3, -0.25) is 4.99 Å². The summed E-state index contributed by atoms with van der Waals surface area (Å²) in [5, 5.41) is 6.56. The van der Waals surface area contributed by atoms with Crippen molar-refractivity contribution in [1.29, 1.82) is 0 Å². The van der Waals surface area contributed by atoms with E-state index in [4.69, 9.17) is 0 Å². The summed E-state index contributed by atoms with van der Waals surface area (Å²) in [6, 6.07) is 9.46. The van der Waals surface area contributed by atoms with Crippen molar-refractivity contribution in [2.45, 2.75) is 45.7 Å². The van der Waals surface area contributed by atoms with Gasteiger partial charge in [0.05, 0.1) is 0 Å². The third-order valence-corrected chi connectivity index (χ3v) is 5.12. The Morgan fingerprint density at radius 2 is 1.69 bits per heavy atom. The largest absolute Gasteiger partial charge is 0.357 e. The molecule has 2 N–H and O–H groups in total. The van der Waals surface area contributed by atoms with Crippen molar-refractivity contribution in [1.82, 2.24) is 15.6 Å². The summed E-state index contributed by atoms with van der Waals surface area (Å²) < 4.78 is 13.7. The molecule has 0 bridgehead atoms. The molecule has 1 saturated heterocycles. The maximum atomic E-state index is 13.7. The zero-order valence-electron chi connectivity index (χ0n) is 17.2. The molecule has 1 aromatic heterocycles. The molecule has 0 radical (unpaired) electrons. The summed E-state index contributed by atoms with van der Waals surface area (Å²) in [6.45, 7) is 5.11. The van der Waals surface area contributed by atoms with Crippen molar-refractivity contribution in [3.05, 3.63) is 59.0 Å². The zero-order valence-corrected chi connectivity index (χ0v) is 19.6. The molecule has 0 atom stereocenters. The number of aliphatic imine (C=N–C) groups is 1. The number of pyridine rings is 1. The van der Waals surface area contributed by atoms with Crippen LogP contribution in [0.1, 0.15) is 42.4 Å². The molecule has 0 amide bonds. The van der Waals surface area contributed by atoms with Crippen LogP contribution in [-0.2, 0) is 13.1 Å². The lowest BCUT2D eigenvalue weighted by molar-refractivity contribution is 0.615. The first-order valence-electron chi connectivity index (χ1n) is 10.0. The first-order chi connectivity index (χ1) is 13.7. The van der Waals surface area contributed by atoms with E-state index in [0.717, 1.165) is 24.5 Å². The molecule has 29 heavy (non-hydrogen) atoms. The van der Waals surface area contributed by atoms with Crippen molar-refractivity contribution >= 4 is 35.8 Å². The van der Waals surface area contributed by atoms with Crippen molar-refractivity contribution in [3.8, 4) is 0 Å². The van der Waals surface area contributed by atoms with E-state index in [-0.39, 0.29) is 29.8 Å². The number of benzene rings is 1. The van der Waals surface area contributed by atoms with Gasteiger partial charge < -0.3 is 15.5 Å². The molecule has 2 aromatic rings. The van der Waals surface area contributed by atoms with Gasteiger partial charge in [-0.25, -0.2) is 9.37 Å². The van der Waals surface area contributed by atoms with Crippen LogP contribution in [0, 0.1) is 12.7 Å². The number of anilines is 1. The van der Waals surface area contributed by atoms with Gasteiger partial charge in [0.1, 0.15) is 11.6 Å². The smallest absolute Gasteiger partial charge is 0.191 e. The van der Waals surface area contributed by atoms with Crippen LogP contribution in [0.3, 0.4) is 0 Å². The summed E-state index contributed by atoms with van der Waals surface area (Å²) in [6.07, 6.45) is 6.97. The number of rotatable bonds is 5. The predicted molar refractivity (Wildman–Crippen MR) is 129 cm³/mol. The zero-order chi connectivity index (χ0) is 19.8. The first kappa shape index (κ1) is 23.4. The van der Waals surface area contributed by atoms with Crippen molar-refractivity contribution < 1.29 is 4.39 Å². The normalized spacial score (nSPS) is 14.7. The number of nitrogens with zero attached hydrogens (tertiary/aromatic N) is 3. The standard InChI is InChI=1S/C22H30FN5.HI/c1-17-7-8-18(13-20(17)23)15-26-22(24-2)27-16-19-9-10-25-21(14-19)28-11-5-3-4-6-12-28;/h7-10,13-14H,3-6,11-12,15-16H2,1-2H3,(H2,24,26,27);1H. The molecule has 0 saturated carbocycles. The number of halogens is 2. The SMILES string of the molecule is CN=C(NCc1ccnc(N2CCCCCC2)c1)NCc1ccc(C)c(F)c1.I. The molecule has 1 aliphatic heterocycles. The molecule has 1 aromatic carbocycles. The molecule has 3 rings (SSSR count). The van der Waals surface area contributed by atoms with Gasteiger partial charge in [0.25, 0.3) is 0 Å². The fourth-order valence-electron chi connectivity index (χ4n) is 3.38. The van der Waals surface area contributed by atoms with Gasteiger partial charge in [0, 0.05) is 39.4 Å². The molecule has 0 spiro atoms. The van der Waals surface area contributed by atoms with E-state index in [1.54, 1.807) is 26.1 Å². The molecule has 2 heterocycles. The van der Waals surface area contributed by atoms with Gasteiger partial charge in [0.2, 0.25) is 0 Å². The molecule has 1 aliphatic rings. The molecule has 1 fully saturated rings. The van der Waals surface area contributed by atoms with E-state index in [2.05, 4.69) is 31.6 Å². The maximum Gasteiger partial charge on any atom is 0.191 e. The lowest BCUT2D eigenvalue weighted by atomic mass is 10.1. The third kappa shape index (κ3) is 7.13. The van der Waals surface area contributed by atoms with Gasteiger partial charge in [-0.1, -0.05) is 25.0 Å². The average molecular weight is 511 g/mol. The summed E-state index contributed by atoms with van der Waals surface area (Å²) >= 11 is 0. The van der Waals surface area contributed by atoms with Crippen LogP contribution >= 0.6 is 24.0 Å². The van der Waals surface area contributed by atoms with Crippen LogP contribution in [0.25, 0.3) is 0 Å². The number of hydrogen-bond acceptors (Lipinski definition) is 3. The Labute approximate surface area is 190 Å². The third-order valence-electron chi connectivity index (χ3n) is 5.12. The first-order valence-corrected chi connectivity index (χ1v) is 10.0. The highest BCUT2D eigenvalue weighted by molar-refractivity contribution is 14.0. The number of nitrogens with one attached hydrogen (secondary N) is 2. The lowest BCUT2D eigenvalue weighted by Gasteiger charge is -2.22. The molecule has 0 unspecified atom stereocenters. The van der Waals surface area contributed by atoms with Crippen molar-refractivity contribution in [2.75, 3.05) is 25.0 Å². The minimum Gasteiger partial charge on any atom is -0.357 e. The van der Waals surface area contributed by atoms with Crippen LogP contribution in [-0.4, -0.2) is 31.1 Å². The summed E-state index contributed by atoms with van der Waals surface area (Å²) in [5.41, 5.74) is 2.71. The Bertz CT molecular complexity index is 804. The minimum absolute atomic E-state index is 0. The van der Waals surface area contributed by atoms with Gasteiger partial charge in [-0.05, 0) is 54.7 Å². The van der Waals surface area contributed by atoms with Crippen molar-refractivity contribution in [3.63, 3.8) is 0 Å². The van der Waals surface area contributed by atoms with Crippen molar-refractivity contribution in [2.24, 2.45) is 4.99 Å². The van der Waals surface area contributed by atoms with Crippen LogP contribution in [0.4, 0.5) is 10.2 Å². The Morgan fingerprint density at radius 3 is 2.31 bits per heavy atom. The second kappa shape index (κ2) is 11.9. The van der Waals surface area contributed by atoms with Gasteiger partial charge in [-0.2, -0.15) is 0 Å². The summed E-state index contributed by atoms with van der Waals surface area (Å²) in [4.78, 5) is 11.2. The molecular formula is C22H31FIN5. The molecule has 0 aliphatic carbocycles. The van der Waals surface area contributed by atoms with E-state index < -0.39 is 0 Å². The van der Waals surface area contributed by atoms with E-state index in [1.807, 2.05) is 18.3 Å². The van der Waals surface area contributed by atoms with Gasteiger partial charge in [0.15, 0.2) is 5.96 Å².